The zero-order valence-electron chi connectivity index (χ0n) is 9.71. The van der Waals surface area contributed by atoms with Gasteiger partial charge in [-0.25, -0.2) is 4.99 Å². The molecule has 16 heavy (non-hydrogen) atoms. The second-order valence-electron chi connectivity index (χ2n) is 5.03. The van der Waals surface area contributed by atoms with E-state index in [-0.39, 0.29) is 5.54 Å². The summed E-state index contributed by atoms with van der Waals surface area (Å²) in [5.41, 5.74) is 3.60. The Balaban J connectivity index is 2.05. The second-order valence-corrected chi connectivity index (χ2v) is 5.03. The summed E-state index contributed by atoms with van der Waals surface area (Å²) in [5, 5.41) is 3.41. The number of hydrogen-bond donors (Lipinski definition) is 1. The number of fused-ring (bicyclic) bond motifs is 1. The summed E-state index contributed by atoms with van der Waals surface area (Å²) in [6.45, 7) is 5.88. The minimum atomic E-state index is -0.0866. The van der Waals surface area contributed by atoms with Crippen LogP contribution >= 0.6 is 0 Å². The van der Waals surface area contributed by atoms with Crippen LogP contribution in [0.2, 0.25) is 0 Å². The van der Waals surface area contributed by atoms with E-state index in [4.69, 9.17) is 4.74 Å². The Kier molecular flexibility index (Phi) is 1.96. The molecule has 1 aromatic rings. The molecule has 0 unspecified atom stereocenters. The van der Waals surface area contributed by atoms with Gasteiger partial charge in [0.15, 0.2) is 0 Å². The summed E-state index contributed by atoms with van der Waals surface area (Å²) in [5.74, 6) is 0.788. The number of nitrogens with one attached hydrogen (secondary N) is 1. The first-order valence-electron chi connectivity index (χ1n) is 5.74. The van der Waals surface area contributed by atoms with Crippen LogP contribution in [0.3, 0.4) is 0 Å². The van der Waals surface area contributed by atoms with Crippen molar-refractivity contribution in [3.05, 3.63) is 29.3 Å². The molecule has 0 spiro atoms. The van der Waals surface area contributed by atoms with E-state index in [0.29, 0.717) is 6.61 Å². The summed E-state index contributed by atoms with van der Waals surface area (Å²) in [6.07, 6.45) is 1.10. The Hall–Kier alpha value is -1.51. The van der Waals surface area contributed by atoms with Gasteiger partial charge < -0.3 is 10.1 Å². The van der Waals surface area contributed by atoms with Gasteiger partial charge in [0.25, 0.3) is 0 Å². The molecular formula is C13H16N2O. The first-order valence-corrected chi connectivity index (χ1v) is 5.74. The van der Waals surface area contributed by atoms with Crippen LogP contribution in [0.4, 0.5) is 5.69 Å². The highest BCUT2D eigenvalue weighted by Crippen LogP contribution is 2.30. The standard InChI is InChI=1S/C13H16N2O/c1-13(2)8-16-12(15-13)10-5-3-4-9-6-7-14-11(9)10/h3-5,14H,6-8H2,1-2H3. The molecule has 2 aliphatic heterocycles. The number of benzene rings is 1. The number of para-hydroxylation sites is 1. The third-order valence-electron chi connectivity index (χ3n) is 3.04. The van der Waals surface area contributed by atoms with E-state index >= 15 is 0 Å². The Bertz CT molecular complexity index is 463. The number of rotatable bonds is 1. The van der Waals surface area contributed by atoms with Crippen LogP contribution < -0.4 is 5.32 Å². The summed E-state index contributed by atoms with van der Waals surface area (Å²) >= 11 is 0. The smallest absolute Gasteiger partial charge is 0.218 e. The highest BCUT2D eigenvalue weighted by Gasteiger charge is 2.29. The molecular weight excluding hydrogens is 200 g/mol. The maximum atomic E-state index is 5.69. The van der Waals surface area contributed by atoms with Gasteiger partial charge in [-0.3, -0.25) is 0 Å². The van der Waals surface area contributed by atoms with Crippen LogP contribution in [0.15, 0.2) is 23.2 Å². The lowest BCUT2D eigenvalue weighted by atomic mass is 10.1. The van der Waals surface area contributed by atoms with Crippen molar-refractivity contribution < 1.29 is 4.74 Å². The van der Waals surface area contributed by atoms with E-state index in [1.54, 1.807) is 0 Å². The Morgan fingerprint density at radius 3 is 3.00 bits per heavy atom. The normalized spacial score (nSPS) is 21.0. The van der Waals surface area contributed by atoms with Gasteiger partial charge in [-0.15, -0.1) is 0 Å². The summed E-state index contributed by atoms with van der Waals surface area (Å²) in [6, 6.07) is 6.33. The second kappa shape index (κ2) is 3.24. The summed E-state index contributed by atoms with van der Waals surface area (Å²) < 4.78 is 5.69. The van der Waals surface area contributed by atoms with Crippen molar-refractivity contribution in [1.82, 2.24) is 0 Å². The number of anilines is 1. The first kappa shape index (κ1) is 9.70. The third kappa shape index (κ3) is 1.47. The average Bonchev–Trinajstić information content (AvgIpc) is 2.83. The molecule has 0 saturated heterocycles. The van der Waals surface area contributed by atoms with Crippen molar-refractivity contribution in [3.63, 3.8) is 0 Å². The zero-order valence-corrected chi connectivity index (χ0v) is 9.71. The van der Waals surface area contributed by atoms with Crippen LogP contribution in [0.25, 0.3) is 0 Å². The van der Waals surface area contributed by atoms with E-state index in [2.05, 4.69) is 42.4 Å². The van der Waals surface area contributed by atoms with Crippen molar-refractivity contribution in [3.8, 4) is 0 Å². The fourth-order valence-electron chi connectivity index (χ4n) is 2.24. The molecule has 0 atom stereocenters. The molecule has 3 heteroatoms. The minimum absolute atomic E-state index is 0.0866. The molecule has 0 bridgehead atoms. The molecule has 0 aromatic heterocycles. The van der Waals surface area contributed by atoms with Crippen LogP contribution in [0.1, 0.15) is 25.0 Å². The fraction of sp³-hybridized carbons (Fsp3) is 0.462. The molecule has 3 nitrogen and oxygen atoms in total. The molecule has 0 fully saturated rings. The Morgan fingerprint density at radius 1 is 1.38 bits per heavy atom. The van der Waals surface area contributed by atoms with E-state index in [1.807, 2.05) is 0 Å². The molecule has 2 heterocycles. The van der Waals surface area contributed by atoms with Crippen LogP contribution in [-0.2, 0) is 11.2 Å². The summed E-state index contributed by atoms with van der Waals surface area (Å²) in [4.78, 5) is 4.62. The van der Waals surface area contributed by atoms with Gasteiger partial charge in [-0.05, 0) is 31.9 Å². The first-order chi connectivity index (χ1) is 7.66. The van der Waals surface area contributed by atoms with Crippen molar-refractivity contribution in [2.45, 2.75) is 25.8 Å². The molecule has 0 radical (unpaired) electrons. The highest BCUT2D eigenvalue weighted by atomic mass is 16.5. The van der Waals surface area contributed by atoms with E-state index in [1.165, 1.54) is 11.3 Å². The topological polar surface area (TPSA) is 33.6 Å². The molecule has 1 N–H and O–H groups in total. The third-order valence-corrected chi connectivity index (χ3v) is 3.04. The predicted molar refractivity (Wildman–Crippen MR) is 65.2 cm³/mol. The lowest BCUT2D eigenvalue weighted by Gasteiger charge is -2.08. The van der Waals surface area contributed by atoms with Gasteiger partial charge in [0.1, 0.15) is 6.61 Å². The minimum Gasteiger partial charge on any atom is -0.475 e. The SMILES string of the molecule is CC1(C)COC(c2cccc3c2NCC3)=N1. The van der Waals surface area contributed by atoms with E-state index in [9.17, 15) is 0 Å². The van der Waals surface area contributed by atoms with Crippen molar-refractivity contribution in [2.24, 2.45) is 4.99 Å². The lowest BCUT2D eigenvalue weighted by Crippen LogP contribution is -2.17. The quantitative estimate of drug-likeness (QED) is 0.781. The number of nitrogens with zero attached hydrogens (tertiary/aromatic N) is 1. The average molecular weight is 216 g/mol. The van der Waals surface area contributed by atoms with Crippen LogP contribution in [-0.4, -0.2) is 24.6 Å². The van der Waals surface area contributed by atoms with Crippen molar-refractivity contribution in [1.29, 1.82) is 0 Å². The van der Waals surface area contributed by atoms with E-state index < -0.39 is 0 Å². The highest BCUT2D eigenvalue weighted by molar-refractivity contribution is 6.01. The van der Waals surface area contributed by atoms with Gasteiger partial charge in [-0.1, -0.05) is 12.1 Å². The Labute approximate surface area is 95.5 Å². The van der Waals surface area contributed by atoms with Crippen molar-refractivity contribution in [2.75, 3.05) is 18.5 Å². The number of aliphatic imine (C=N–C) groups is 1. The fourth-order valence-corrected chi connectivity index (χ4v) is 2.24. The van der Waals surface area contributed by atoms with Crippen LogP contribution in [0.5, 0.6) is 0 Å². The van der Waals surface area contributed by atoms with E-state index in [0.717, 1.165) is 24.4 Å². The largest absolute Gasteiger partial charge is 0.475 e. The summed E-state index contributed by atoms with van der Waals surface area (Å²) in [7, 11) is 0. The van der Waals surface area contributed by atoms with Gasteiger partial charge in [0.05, 0.1) is 16.8 Å². The van der Waals surface area contributed by atoms with Gasteiger partial charge in [-0.2, -0.15) is 0 Å². The molecule has 1 aromatic carbocycles. The molecule has 3 rings (SSSR count). The lowest BCUT2D eigenvalue weighted by molar-refractivity contribution is 0.279. The maximum Gasteiger partial charge on any atom is 0.218 e. The Morgan fingerprint density at radius 2 is 2.25 bits per heavy atom. The predicted octanol–water partition coefficient (Wildman–Crippen LogP) is 2.21. The zero-order chi connectivity index (χ0) is 11.2. The molecule has 0 aliphatic carbocycles. The molecule has 84 valence electrons. The number of ether oxygens (including phenoxy) is 1. The van der Waals surface area contributed by atoms with Gasteiger partial charge >= 0.3 is 0 Å². The monoisotopic (exact) mass is 216 g/mol. The maximum absolute atomic E-state index is 5.69. The van der Waals surface area contributed by atoms with Gasteiger partial charge in [0.2, 0.25) is 5.90 Å². The van der Waals surface area contributed by atoms with Gasteiger partial charge in [0, 0.05) is 6.54 Å². The molecule has 2 aliphatic rings. The molecule has 0 amide bonds. The van der Waals surface area contributed by atoms with Crippen LogP contribution in [0, 0.1) is 0 Å². The van der Waals surface area contributed by atoms with Crippen molar-refractivity contribution >= 4 is 11.6 Å². The molecule has 0 saturated carbocycles. The number of hydrogen-bond acceptors (Lipinski definition) is 3.